The number of carboxylic acids is 1. The molecule has 0 fully saturated rings. The number of carboxylic acid groups (broad SMARTS) is 1. The maximum Gasteiger partial charge on any atom is 0.409 e. The Bertz CT molecular complexity index is 1280. The van der Waals surface area contributed by atoms with Crippen molar-refractivity contribution in [2.24, 2.45) is 0 Å². The van der Waals surface area contributed by atoms with Gasteiger partial charge in [-0.3, -0.25) is 25.8 Å². The van der Waals surface area contributed by atoms with Crippen LogP contribution in [0.15, 0.2) is 67.0 Å². The van der Waals surface area contributed by atoms with Crippen molar-refractivity contribution in [3.8, 4) is 0 Å². The number of carbonyl (C=O) groups is 3. The lowest BCUT2D eigenvalue weighted by Gasteiger charge is -2.31. The van der Waals surface area contributed by atoms with Gasteiger partial charge >= 0.3 is 12.1 Å². The van der Waals surface area contributed by atoms with Crippen LogP contribution in [0.4, 0.5) is 4.79 Å². The van der Waals surface area contributed by atoms with Crippen LogP contribution in [0.2, 0.25) is 0 Å². The summed E-state index contributed by atoms with van der Waals surface area (Å²) in [5.74, 6) is -2.08. The Kier molecular flexibility index (Phi) is 8.90. The minimum absolute atomic E-state index is 0.0521. The van der Waals surface area contributed by atoms with E-state index in [1.807, 2.05) is 18.3 Å². The highest BCUT2D eigenvalue weighted by atomic mass is 16.5. The average Bonchev–Trinajstić information content (AvgIpc) is 3.42. The smallest absolute Gasteiger partial charge is 0.409 e. The Balaban J connectivity index is 1.45. The summed E-state index contributed by atoms with van der Waals surface area (Å²) < 4.78 is 5.27. The first kappa shape index (κ1) is 26.6. The molecule has 0 spiro atoms. The summed E-state index contributed by atoms with van der Waals surface area (Å²) in [6, 6.07) is 14.0. The third kappa shape index (κ3) is 6.87. The summed E-state index contributed by atoms with van der Waals surface area (Å²) >= 11 is 0. The van der Waals surface area contributed by atoms with E-state index in [4.69, 9.17) is 4.74 Å². The van der Waals surface area contributed by atoms with E-state index in [-0.39, 0.29) is 24.9 Å². The number of carbonyl (C=O) groups excluding carboxylic acids is 2. The molecule has 1 aliphatic rings. The van der Waals surface area contributed by atoms with Crippen LogP contribution in [0.3, 0.4) is 0 Å². The molecule has 2 unspecified atom stereocenters. The Labute approximate surface area is 219 Å². The summed E-state index contributed by atoms with van der Waals surface area (Å²) in [4.78, 5) is 38.6. The van der Waals surface area contributed by atoms with Crippen LogP contribution in [0.1, 0.15) is 35.2 Å². The summed E-state index contributed by atoms with van der Waals surface area (Å²) in [6.45, 7) is 1.26. The van der Waals surface area contributed by atoms with Crippen LogP contribution >= 0.6 is 0 Å². The predicted octanol–water partition coefficient (Wildman–Crippen LogP) is 1.75. The SMILES string of the molecule is O=C(NC(CCCCNC1NC=CCN1)(NC(=O)c1cccc2cn[nH]c12)C(=O)O)OCc1ccccc1. The second-order valence-corrected chi connectivity index (χ2v) is 8.81. The lowest BCUT2D eigenvalue weighted by atomic mass is 10.0. The molecule has 3 aromatic rings. The number of hydrogen-bond acceptors (Lipinski definition) is 8. The minimum Gasteiger partial charge on any atom is -0.478 e. The molecular weight excluding hydrogens is 490 g/mol. The van der Waals surface area contributed by atoms with Gasteiger partial charge in [-0.05, 0) is 37.2 Å². The summed E-state index contributed by atoms with van der Waals surface area (Å²) in [5, 5.41) is 32.2. The fraction of sp³-hybridized carbons (Fsp3) is 0.308. The van der Waals surface area contributed by atoms with Gasteiger partial charge in [0.05, 0.1) is 17.3 Å². The highest BCUT2D eigenvalue weighted by Crippen LogP contribution is 2.19. The minimum atomic E-state index is -2.10. The molecule has 2 heterocycles. The standard InChI is InChI=1S/C26H31N7O5/c34-22(20-11-6-10-19-16-30-33-21(19)20)31-26(23(35)36,12-4-5-13-27-24-28-14-7-15-29-24)32-25(37)38-17-18-8-2-1-3-9-18/h1-3,6-11,14,16,24,27-29H,4-5,12-13,15,17H2,(H,30,33)(H,31,34)(H,32,37)(H,35,36). The molecule has 2 atom stereocenters. The van der Waals surface area contributed by atoms with Gasteiger partial charge in [-0.15, -0.1) is 0 Å². The third-order valence-corrected chi connectivity index (χ3v) is 6.09. The predicted molar refractivity (Wildman–Crippen MR) is 140 cm³/mol. The first-order valence-electron chi connectivity index (χ1n) is 12.3. The second-order valence-electron chi connectivity index (χ2n) is 8.81. The number of hydrogen-bond donors (Lipinski definition) is 7. The Morgan fingerprint density at radius 2 is 1.92 bits per heavy atom. The lowest BCUT2D eigenvalue weighted by Crippen LogP contribution is -2.65. The van der Waals surface area contributed by atoms with Crippen LogP contribution in [-0.4, -0.2) is 58.3 Å². The zero-order valence-corrected chi connectivity index (χ0v) is 20.7. The van der Waals surface area contributed by atoms with Gasteiger partial charge in [-0.25, -0.2) is 9.59 Å². The zero-order valence-electron chi connectivity index (χ0n) is 20.7. The molecule has 0 saturated carbocycles. The van der Waals surface area contributed by atoms with Crippen LogP contribution in [0.25, 0.3) is 10.9 Å². The monoisotopic (exact) mass is 521 g/mol. The van der Waals surface area contributed by atoms with Crippen LogP contribution in [0, 0.1) is 0 Å². The number of rotatable bonds is 12. The number of aromatic nitrogens is 2. The van der Waals surface area contributed by atoms with E-state index in [0.29, 0.717) is 30.3 Å². The average molecular weight is 522 g/mol. The van der Waals surface area contributed by atoms with Crippen molar-refractivity contribution in [3.05, 3.63) is 78.1 Å². The zero-order chi connectivity index (χ0) is 26.8. The van der Waals surface area contributed by atoms with Crippen molar-refractivity contribution >= 4 is 28.9 Å². The Morgan fingerprint density at radius 3 is 2.68 bits per heavy atom. The molecule has 200 valence electrons. The Hall–Kier alpha value is -4.42. The molecule has 0 radical (unpaired) electrons. The largest absolute Gasteiger partial charge is 0.478 e. The van der Waals surface area contributed by atoms with Gasteiger partial charge in [-0.2, -0.15) is 5.10 Å². The van der Waals surface area contributed by atoms with E-state index >= 15 is 0 Å². The number of fused-ring (bicyclic) bond motifs is 1. The molecule has 2 amide bonds. The summed E-state index contributed by atoms with van der Waals surface area (Å²) in [6.07, 6.45) is 5.22. The first-order valence-corrected chi connectivity index (χ1v) is 12.3. The van der Waals surface area contributed by atoms with Gasteiger partial charge < -0.3 is 20.5 Å². The van der Waals surface area contributed by atoms with Crippen molar-refractivity contribution in [1.82, 2.24) is 36.8 Å². The van der Waals surface area contributed by atoms with Crippen molar-refractivity contribution < 1.29 is 24.2 Å². The number of nitrogens with zero attached hydrogens (tertiary/aromatic N) is 1. The number of benzene rings is 2. The lowest BCUT2D eigenvalue weighted by molar-refractivity contribution is -0.146. The highest BCUT2D eigenvalue weighted by molar-refractivity contribution is 6.07. The number of unbranched alkanes of at least 4 members (excludes halogenated alkanes) is 1. The number of amides is 2. The van der Waals surface area contributed by atoms with Crippen molar-refractivity contribution in [2.75, 3.05) is 13.1 Å². The number of ether oxygens (including phenoxy) is 1. The number of aliphatic carboxylic acids is 1. The number of alkyl carbamates (subject to hydrolysis) is 1. The first-order chi connectivity index (χ1) is 18.5. The van der Waals surface area contributed by atoms with Gasteiger partial charge in [0.2, 0.25) is 5.66 Å². The summed E-state index contributed by atoms with van der Waals surface area (Å²) in [5.41, 5.74) is -0.697. The van der Waals surface area contributed by atoms with Crippen molar-refractivity contribution in [2.45, 2.75) is 37.8 Å². The van der Waals surface area contributed by atoms with Gasteiger partial charge in [-0.1, -0.05) is 48.5 Å². The molecule has 12 heteroatoms. The van der Waals surface area contributed by atoms with Gasteiger partial charge in [0.1, 0.15) is 12.9 Å². The second kappa shape index (κ2) is 12.7. The van der Waals surface area contributed by atoms with E-state index < -0.39 is 23.6 Å². The van der Waals surface area contributed by atoms with Gasteiger partial charge in [0.15, 0.2) is 0 Å². The number of H-pyrrole nitrogens is 1. The maximum atomic E-state index is 13.3. The molecule has 0 bridgehead atoms. The van der Waals surface area contributed by atoms with Crippen molar-refractivity contribution in [3.63, 3.8) is 0 Å². The molecular formula is C26H31N7O5. The molecule has 7 N–H and O–H groups in total. The van der Waals surface area contributed by atoms with Gasteiger partial charge in [0.25, 0.3) is 5.91 Å². The molecule has 0 aliphatic carbocycles. The van der Waals surface area contributed by atoms with Gasteiger partial charge in [0, 0.05) is 18.4 Å². The van der Waals surface area contributed by atoms with E-state index in [2.05, 4.69) is 36.8 Å². The maximum absolute atomic E-state index is 13.3. The molecule has 12 nitrogen and oxygen atoms in total. The quantitative estimate of drug-likeness (QED) is 0.139. The topological polar surface area (TPSA) is 169 Å². The molecule has 0 saturated heterocycles. The van der Waals surface area contributed by atoms with E-state index in [0.717, 1.165) is 12.1 Å². The number of aromatic amines is 1. The fourth-order valence-electron chi connectivity index (χ4n) is 4.08. The summed E-state index contributed by atoms with van der Waals surface area (Å²) in [7, 11) is 0. The normalized spacial score (nSPS) is 16.3. The molecule has 2 aromatic carbocycles. The molecule has 1 aliphatic heterocycles. The number of nitrogens with one attached hydrogen (secondary N) is 6. The van der Waals surface area contributed by atoms with E-state index in [1.165, 1.54) is 0 Å². The molecule has 38 heavy (non-hydrogen) atoms. The number of para-hydroxylation sites is 1. The van der Waals surface area contributed by atoms with Crippen LogP contribution < -0.4 is 26.6 Å². The van der Waals surface area contributed by atoms with E-state index in [1.54, 1.807) is 48.7 Å². The van der Waals surface area contributed by atoms with Crippen LogP contribution in [-0.2, 0) is 16.1 Å². The van der Waals surface area contributed by atoms with Crippen molar-refractivity contribution in [1.29, 1.82) is 0 Å². The van der Waals surface area contributed by atoms with E-state index in [9.17, 15) is 19.5 Å². The molecule has 4 rings (SSSR count). The Morgan fingerprint density at radius 1 is 1.08 bits per heavy atom. The fourth-order valence-corrected chi connectivity index (χ4v) is 4.08. The highest BCUT2D eigenvalue weighted by Gasteiger charge is 2.42. The third-order valence-electron chi connectivity index (χ3n) is 6.09. The van der Waals surface area contributed by atoms with Crippen LogP contribution in [0.5, 0.6) is 0 Å². The molecule has 1 aromatic heterocycles.